The Hall–Kier alpha value is -1.60. The summed E-state index contributed by atoms with van der Waals surface area (Å²) in [5.74, 6) is 0.0765. The number of hydrogen-bond acceptors (Lipinski definition) is 8. The third-order valence-electron chi connectivity index (χ3n) is 3.35. The molecule has 0 saturated heterocycles. The Morgan fingerprint density at radius 2 is 2.20 bits per heavy atom. The molecule has 140 valence electrons. The molecule has 0 spiro atoms. The van der Waals surface area contributed by atoms with E-state index in [1.54, 1.807) is 6.92 Å². The summed E-state index contributed by atoms with van der Waals surface area (Å²) in [5, 5.41) is 28.6. The fraction of sp³-hybridized carbons (Fsp3) is 0.385. The standard InChI is InChI=1S/C13H20BrFN6O3S/c1-13(21-22,18-8-3-4-10(15)9(14)7-8)11-12(20-24-19-11)17-5-6-25(2,16)23/h3-4,7,18,21-22,25H,5-6H2,1-2H3,(H2,16,23)(H,17,20). The lowest BCUT2D eigenvalue weighted by Crippen LogP contribution is -2.45. The molecule has 6 N–H and O–H groups in total. The van der Waals surface area contributed by atoms with E-state index in [0.717, 1.165) is 0 Å². The SMILES string of the molecule is CC(NO)(Nc1ccc(F)c(Br)c1)c1nonc1NCC[SH](C)(N)=O. The molecule has 1 unspecified atom stereocenters. The van der Waals surface area contributed by atoms with Gasteiger partial charge in [-0.25, -0.2) is 9.02 Å². The summed E-state index contributed by atoms with van der Waals surface area (Å²) in [4.78, 5) is 0. The van der Waals surface area contributed by atoms with Crippen LogP contribution in [0.4, 0.5) is 15.9 Å². The van der Waals surface area contributed by atoms with Gasteiger partial charge in [-0.1, -0.05) is 10.1 Å². The van der Waals surface area contributed by atoms with Crippen LogP contribution in [0.2, 0.25) is 0 Å². The maximum atomic E-state index is 13.4. The van der Waals surface area contributed by atoms with E-state index in [4.69, 9.17) is 9.77 Å². The van der Waals surface area contributed by atoms with Gasteiger partial charge in [0, 0.05) is 24.2 Å². The zero-order valence-corrected chi connectivity index (χ0v) is 16.1. The van der Waals surface area contributed by atoms with Crippen molar-refractivity contribution in [2.24, 2.45) is 5.14 Å². The normalized spacial score (nSPS) is 14.8. The number of nitrogens with zero attached hydrogens (tertiary/aromatic N) is 2. The molecule has 9 nitrogen and oxygen atoms in total. The van der Waals surface area contributed by atoms with Gasteiger partial charge in [0.2, 0.25) is 0 Å². The number of benzene rings is 1. The molecule has 12 heteroatoms. The molecule has 1 aromatic carbocycles. The maximum absolute atomic E-state index is 13.4. The van der Waals surface area contributed by atoms with Crippen molar-refractivity contribution in [2.45, 2.75) is 12.6 Å². The summed E-state index contributed by atoms with van der Waals surface area (Å²) in [7, 11) is -2.67. The fourth-order valence-electron chi connectivity index (χ4n) is 2.03. The molecule has 0 saturated carbocycles. The molecule has 1 atom stereocenters. The molecule has 0 aliphatic rings. The van der Waals surface area contributed by atoms with Gasteiger partial charge in [-0.05, 0) is 51.4 Å². The third kappa shape index (κ3) is 5.19. The van der Waals surface area contributed by atoms with Crippen LogP contribution in [0.5, 0.6) is 0 Å². The molecular weight excluding hydrogens is 419 g/mol. The number of hydrogen-bond donors (Lipinski definition) is 6. The zero-order valence-electron chi connectivity index (χ0n) is 13.6. The van der Waals surface area contributed by atoms with Crippen LogP contribution < -0.4 is 21.3 Å². The Morgan fingerprint density at radius 3 is 2.80 bits per heavy atom. The number of nitrogens with one attached hydrogen (secondary N) is 3. The maximum Gasteiger partial charge on any atom is 0.198 e. The van der Waals surface area contributed by atoms with Crippen LogP contribution in [-0.4, -0.2) is 38.3 Å². The molecular formula is C13H20BrFN6O3S. The highest BCUT2D eigenvalue weighted by atomic mass is 79.9. The van der Waals surface area contributed by atoms with E-state index in [1.165, 1.54) is 24.5 Å². The Bertz CT molecular complexity index is 785. The van der Waals surface area contributed by atoms with Gasteiger partial charge in [-0.2, -0.15) is 5.48 Å². The highest BCUT2D eigenvalue weighted by molar-refractivity contribution is 9.10. The highest BCUT2D eigenvalue weighted by Crippen LogP contribution is 2.28. The van der Waals surface area contributed by atoms with E-state index in [-0.39, 0.29) is 28.3 Å². The van der Waals surface area contributed by atoms with E-state index >= 15 is 0 Å². The Balaban J connectivity index is 2.20. The monoisotopic (exact) mass is 438 g/mol. The predicted molar refractivity (Wildman–Crippen MR) is 97.3 cm³/mol. The molecule has 2 aromatic rings. The van der Waals surface area contributed by atoms with Gasteiger partial charge in [0.05, 0.1) is 4.47 Å². The van der Waals surface area contributed by atoms with E-state index in [2.05, 4.69) is 42.4 Å². The lowest BCUT2D eigenvalue weighted by Gasteiger charge is -2.28. The average Bonchev–Trinajstić information content (AvgIpc) is 2.99. The molecule has 0 fully saturated rings. The highest BCUT2D eigenvalue weighted by Gasteiger charge is 2.33. The second kappa shape index (κ2) is 7.74. The van der Waals surface area contributed by atoms with Gasteiger partial charge in [-0.15, -0.1) is 0 Å². The predicted octanol–water partition coefficient (Wildman–Crippen LogP) is 1.17. The lowest BCUT2D eigenvalue weighted by molar-refractivity contribution is 0.0812. The largest absolute Gasteiger partial charge is 0.365 e. The van der Waals surface area contributed by atoms with Crippen molar-refractivity contribution in [3.05, 3.63) is 34.2 Å². The first-order chi connectivity index (χ1) is 11.6. The minimum absolute atomic E-state index is 0.221. The van der Waals surface area contributed by atoms with Crippen molar-refractivity contribution in [1.82, 2.24) is 15.8 Å². The number of halogens is 2. The van der Waals surface area contributed by atoms with Crippen LogP contribution in [0.25, 0.3) is 0 Å². The summed E-state index contributed by atoms with van der Waals surface area (Å²) < 4.78 is 29.9. The van der Waals surface area contributed by atoms with Crippen LogP contribution in [0.3, 0.4) is 0 Å². The number of anilines is 2. The number of rotatable bonds is 8. The molecule has 0 bridgehead atoms. The second-order valence-corrected chi connectivity index (χ2v) is 9.43. The van der Waals surface area contributed by atoms with E-state index in [0.29, 0.717) is 5.69 Å². The van der Waals surface area contributed by atoms with Crippen molar-refractivity contribution in [2.75, 3.05) is 29.2 Å². The third-order valence-corrected chi connectivity index (χ3v) is 5.07. The summed E-state index contributed by atoms with van der Waals surface area (Å²) in [6, 6.07) is 4.27. The minimum Gasteiger partial charge on any atom is -0.365 e. The number of aromatic nitrogens is 2. The van der Waals surface area contributed by atoms with Crippen molar-refractivity contribution < 1.29 is 18.4 Å². The first-order valence-corrected chi connectivity index (χ1v) is 10.4. The Morgan fingerprint density at radius 1 is 1.48 bits per heavy atom. The first-order valence-electron chi connectivity index (χ1n) is 7.21. The Kier molecular flexibility index (Phi) is 6.11. The molecule has 1 aromatic heterocycles. The van der Waals surface area contributed by atoms with Gasteiger partial charge in [0.1, 0.15) is 5.82 Å². The number of nitrogens with two attached hydrogens (primary N) is 1. The second-order valence-electron chi connectivity index (χ2n) is 5.78. The lowest BCUT2D eigenvalue weighted by atomic mass is 10.1. The van der Waals surface area contributed by atoms with E-state index < -0.39 is 21.6 Å². The number of thiol groups is 1. The van der Waals surface area contributed by atoms with Crippen LogP contribution in [0.1, 0.15) is 12.6 Å². The van der Waals surface area contributed by atoms with Crippen LogP contribution in [0.15, 0.2) is 27.3 Å². The van der Waals surface area contributed by atoms with E-state index in [9.17, 15) is 13.8 Å². The van der Waals surface area contributed by atoms with Crippen molar-refractivity contribution >= 4 is 37.6 Å². The smallest absolute Gasteiger partial charge is 0.198 e. The summed E-state index contributed by atoms with van der Waals surface area (Å²) in [6.45, 7) is 1.87. The van der Waals surface area contributed by atoms with Gasteiger partial charge < -0.3 is 15.8 Å². The molecule has 25 heavy (non-hydrogen) atoms. The first kappa shape index (κ1) is 19.7. The summed E-state index contributed by atoms with van der Waals surface area (Å²) in [6.07, 6.45) is 1.48. The van der Waals surface area contributed by atoms with Crippen molar-refractivity contribution in [1.29, 1.82) is 0 Å². The number of hydroxylamine groups is 1. The molecule has 1 heterocycles. The van der Waals surface area contributed by atoms with Gasteiger partial charge in [-0.3, -0.25) is 9.35 Å². The fourth-order valence-corrected chi connectivity index (χ4v) is 2.97. The molecule has 0 radical (unpaired) electrons. The summed E-state index contributed by atoms with van der Waals surface area (Å²) >= 11 is 3.10. The van der Waals surface area contributed by atoms with Crippen molar-refractivity contribution in [3.8, 4) is 0 Å². The van der Waals surface area contributed by atoms with Crippen LogP contribution in [0, 0.1) is 5.82 Å². The molecule has 2 rings (SSSR count). The molecule has 0 amide bonds. The average molecular weight is 439 g/mol. The molecule has 0 aliphatic carbocycles. The van der Waals surface area contributed by atoms with Gasteiger partial charge >= 0.3 is 0 Å². The Labute approximate surface area is 153 Å². The van der Waals surface area contributed by atoms with Crippen LogP contribution in [-0.2, 0) is 15.8 Å². The molecule has 0 aliphatic heterocycles. The minimum atomic E-state index is -2.67. The van der Waals surface area contributed by atoms with Gasteiger partial charge in [0.15, 0.2) is 17.2 Å². The van der Waals surface area contributed by atoms with Crippen LogP contribution >= 0.6 is 15.9 Å². The summed E-state index contributed by atoms with van der Waals surface area (Å²) in [5.41, 5.74) is 1.54. The van der Waals surface area contributed by atoms with E-state index in [1.807, 2.05) is 0 Å². The van der Waals surface area contributed by atoms with Crippen molar-refractivity contribution in [3.63, 3.8) is 0 Å². The van der Waals surface area contributed by atoms with Gasteiger partial charge in [0.25, 0.3) is 0 Å². The zero-order chi connectivity index (χ0) is 18.7. The quantitative estimate of drug-likeness (QED) is 0.205. The topological polar surface area (TPSA) is 138 Å².